The molecule has 5 nitrogen and oxygen atoms in total. The van der Waals surface area contributed by atoms with Gasteiger partial charge in [0.2, 0.25) is 0 Å². The van der Waals surface area contributed by atoms with Crippen molar-refractivity contribution in [1.82, 2.24) is 10.6 Å². The van der Waals surface area contributed by atoms with Crippen molar-refractivity contribution >= 4 is 6.03 Å². The lowest BCUT2D eigenvalue weighted by Gasteiger charge is -2.15. The first kappa shape index (κ1) is 18.2. The van der Waals surface area contributed by atoms with E-state index in [9.17, 15) is 18.7 Å². The van der Waals surface area contributed by atoms with E-state index in [1.54, 1.807) is 18.2 Å². The monoisotopic (exact) mass is 316 g/mol. The highest BCUT2D eigenvalue weighted by Gasteiger charge is 2.11. The van der Waals surface area contributed by atoms with Crippen LogP contribution in [0.5, 0.6) is 5.75 Å². The maximum atomic E-state index is 12.3. The number of aliphatic hydroxyl groups is 1. The number of benzene rings is 1. The van der Waals surface area contributed by atoms with Gasteiger partial charge in [0.1, 0.15) is 5.75 Å². The Bertz CT molecular complexity index is 470. The Morgan fingerprint density at radius 1 is 1.27 bits per heavy atom. The number of halogens is 2. The van der Waals surface area contributed by atoms with E-state index >= 15 is 0 Å². The van der Waals surface area contributed by atoms with Crippen LogP contribution in [0.4, 0.5) is 13.6 Å². The quantitative estimate of drug-likeness (QED) is 0.690. The summed E-state index contributed by atoms with van der Waals surface area (Å²) in [5.74, 6) is 0.163. The van der Waals surface area contributed by atoms with Crippen molar-refractivity contribution in [3.8, 4) is 5.75 Å². The van der Waals surface area contributed by atoms with E-state index in [4.69, 9.17) is 0 Å². The van der Waals surface area contributed by atoms with E-state index < -0.39 is 18.7 Å². The van der Waals surface area contributed by atoms with E-state index in [2.05, 4.69) is 15.4 Å². The van der Waals surface area contributed by atoms with E-state index in [0.717, 1.165) is 0 Å². The van der Waals surface area contributed by atoms with E-state index in [1.165, 1.54) is 6.07 Å². The molecule has 0 aliphatic rings. The summed E-state index contributed by atoms with van der Waals surface area (Å²) >= 11 is 0. The number of urea groups is 1. The fraction of sp³-hybridized carbons (Fsp3) is 0.533. The molecule has 1 unspecified atom stereocenters. The number of alkyl halides is 2. The Kier molecular flexibility index (Phi) is 7.59. The predicted octanol–water partition coefficient (Wildman–Crippen LogP) is 2.49. The second-order valence-corrected chi connectivity index (χ2v) is 5.20. The number of para-hydroxylation sites is 1. The summed E-state index contributed by atoms with van der Waals surface area (Å²) in [6.45, 7) is 1.28. The lowest BCUT2D eigenvalue weighted by Crippen LogP contribution is -2.37. The molecule has 0 bridgehead atoms. The Morgan fingerprint density at radius 2 is 1.95 bits per heavy atom. The van der Waals surface area contributed by atoms with Gasteiger partial charge in [-0.2, -0.15) is 8.78 Å². The highest BCUT2D eigenvalue weighted by molar-refractivity contribution is 5.73. The molecule has 0 heterocycles. The summed E-state index contributed by atoms with van der Waals surface area (Å²) in [5.41, 5.74) is 0.458. The third-order valence-corrected chi connectivity index (χ3v) is 3.12. The molecule has 0 aliphatic heterocycles. The van der Waals surface area contributed by atoms with Crippen LogP contribution >= 0.6 is 0 Å². The first-order chi connectivity index (χ1) is 10.4. The van der Waals surface area contributed by atoms with Crippen LogP contribution in [0.1, 0.15) is 25.8 Å². The van der Waals surface area contributed by atoms with Crippen LogP contribution in [0.25, 0.3) is 0 Å². The SMILES string of the molecule is CC(C)C(O)CCNC(=O)NCc1ccccc1OC(F)F. The molecule has 0 saturated carbocycles. The number of amides is 2. The third kappa shape index (κ3) is 6.71. The molecule has 0 fully saturated rings. The number of ether oxygens (including phenoxy) is 1. The molecule has 1 rings (SSSR count). The van der Waals surface area contributed by atoms with Crippen molar-refractivity contribution in [2.45, 2.75) is 39.5 Å². The van der Waals surface area contributed by atoms with Gasteiger partial charge in [-0.3, -0.25) is 0 Å². The first-order valence-electron chi connectivity index (χ1n) is 7.12. The molecule has 124 valence electrons. The Balaban J connectivity index is 2.38. The number of rotatable bonds is 8. The highest BCUT2D eigenvalue weighted by atomic mass is 19.3. The van der Waals surface area contributed by atoms with E-state index in [-0.39, 0.29) is 18.2 Å². The summed E-state index contributed by atoms with van der Waals surface area (Å²) in [5, 5.41) is 14.8. The summed E-state index contributed by atoms with van der Waals surface area (Å²) in [4.78, 5) is 11.6. The van der Waals surface area contributed by atoms with Crippen LogP contribution in [-0.4, -0.2) is 30.4 Å². The normalized spacial score (nSPS) is 12.3. The average Bonchev–Trinajstić information content (AvgIpc) is 2.45. The molecule has 22 heavy (non-hydrogen) atoms. The van der Waals surface area contributed by atoms with Crippen molar-refractivity contribution in [2.24, 2.45) is 5.92 Å². The topological polar surface area (TPSA) is 70.6 Å². The van der Waals surface area contributed by atoms with Crippen LogP contribution in [0, 0.1) is 5.92 Å². The molecular weight excluding hydrogens is 294 g/mol. The summed E-state index contributed by atoms with van der Waals surface area (Å²) in [6.07, 6.45) is -0.0173. The van der Waals surface area contributed by atoms with E-state index in [1.807, 2.05) is 13.8 Å². The van der Waals surface area contributed by atoms with Gasteiger partial charge in [-0.05, 0) is 18.4 Å². The molecule has 7 heteroatoms. The third-order valence-electron chi connectivity index (χ3n) is 3.12. The molecule has 1 atom stereocenters. The van der Waals surface area contributed by atoms with Crippen LogP contribution < -0.4 is 15.4 Å². The molecule has 0 spiro atoms. The zero-order valence-electron chi connectivity index (χ0n) is 12.7. The summed E-state index contributed by atoms with van der Waals surface area (Å²) < 4.78 is 28.9. The minimum atomic E-state index is -2.91. The zero-order chi connectivity index (χ0) is 16.5. The Morgan fingerprint density at radius 3 is 2.59 bits per heavy atom. The Labute approximate surface area is 128 Å². The lowest BCUT2D eigenvalue weighted by atomic mass is 10.0. The van der Waals surface area contributed by atoms with Crippen molar-refractivity contribution in [2.75, 3.05) is 6.54 Å². The maximum Gasteiger partial charge on any atom is 0.387 e. The zero-order valence-corrected chi connectivity index (χ0v) is 12.7. The van der Waals surface area contributed by atoms with E-state index in [0.29, 0.717) is 18.5 Å². The van der Waals surface area contributed by atoms with Gasteiger partial charge in [-0.25, -0.2) is 4.79 Å². The van der Waals surface area contributed by atoms with Crippen molar-refractivity contribution in [3.63, 3.8) is 0 Å². The predicted molar refractivity (Wildman–Crippen MR) is 78.8 cm³/mol. The molecule has 3 N–H and O–H groups in total. The smallest absolute Gasteiger partial charge is 0.387 e. The van der Waals surface area contributed by atoms with Crippen molar-refractivity contribution < 1.29 is 23.4 Å². The number of nitrogens with one attached hydrogen (secondary N) is 2. The standard InChI is InChI=1S/C15H22F2N2O3/c1-10(2)12(20)7-8-18-15(21)19-9-11-5-3-4-6-13(11)22-14(16)17/h3-6,10,12,14,20H,7-9H2,1-2H3,(H2,18,19,21). The van der Waals surface area contributed by atoms with Gasteiger partial charge in [-0.15, -0.1) is 0 Å². The minimum absolute atomic E-state index is 0.0352. The largest absolute Gasteiger partial charge is 0.434 e. The maximum absolute atomic E-state index is 12.3. The fourth-order valence-corrected chi connectivity index (χ4v) is 1.77. The molecule has 0 saturated heterocycles. The van der Waals surface area contributed by atoms with Crippen LogP contribution in [-0.2, 0) is 6.54 Å². The summed E-state index contributed by atoms with van der Waals surface area (Å²) in [6, 6.07) is 5.84. The average molecular weight is 316 g/mol. The minimum Gasteiger partial charge on any atom is -0.434 e. The fourth-order valence-electron chi connectivity index (χ4n) is 1.77. The van der Waals surface area contributed by atoms with Crippen LogP contribution in [0.2, 0.25) is 0 Å². The van der Waals surface area contributed by atoms with Gasteiger partial charge >= 0.3 is 12.6 Å². The number of aliphatic hydroxyl groups excluding tert-OH is 1. The number of carbonyl (C=O) groups is 1. The van der Waals surface area contributed by atoms with Gasteiger partial charge in [0.25, 0.3) is 0 Å². The lowest BCUT2D eigenvalue weighted by molar-refractivity contribution is -0.0504. The van der Waals surface area contributed by atoms with Crippen molar-refractivity contribution in [1.29, 1.82) is 0 Å². The molecule has 0 aliphatic carbocycles. The van der Waals surface area contributed by atoms with Crippen LogP contribution in [0.15, 0.2) is 24.3 Å². The van der Waals surface area contributed by atoms with Gasteiger partial charge < -0.3 is 20.5 Å². The molecule has 0 aromatic heterocycles. The van der Waals surface area contributed by atoms with Gasteiger partial charge in [0.05, 0.1) is 6.10 Å². The van der Waals surface area contributed by atoms with Gasteiger partial charge in [0.15, 0.2) is 0 Å². The molecule has 1 aromatic rings. The molecule has 1 aromatic carbocycles. The second kappa shape index (κ2) is 9.19. The molecule has 0 radical (unpaired) electrons. The number of carbonyl (C=O) groups excluding carboxylic acids is 1. The first-order valence-corrected chi connectivity index (χ1v) is 7.12. The van der Waals surface area contributed by atoms with Gasteiger partial charge in [-0.1, -0.05) is 32.0 Å². The number of hydrogen-bond acceptors (Lipinski definition) is 3. The Hall–Kier alpha value is -1.89. The van der Waals surface area contributed by atoms with Crippen molar-refractivity contribution in [3.05, 3.63) is 29.8 Å². The molecule has 2 amide bonds. The second-order valence-electron chi connectivity index (χ2n) is 5.20. The number of hydrogen-bond donors (Lipinski definition) is 3. The molecular formula is C15H22F2N2O3. The summed E-state index contributed by atoms with van der Waals surface area (Å²) in [7, 11) is 0. The van der Waals surface area contributed by atoms with Crippen LogP contribution in [0.3, 0.4) is 0 Å². The van der Waals surface area contributed by atoms with Gasteiger partial charge in [0, 0.05) is 18.7 Å². The highest BCUT2D eigenvalue weighted by Crippen LogP contribution is 2.19.